The highest BCUT2D eigenvalue weighted by atomic mass is 35.5. The van der Waals surface area contributed by atoms with E-state index in [4.69, 9.17) is 11.6 Å². The molecule has 3 heteroatoms. The van der Waals surface area contributed by atoms with Gasteiger partial charge in [-0.25, -0.2) is 0 Å². The molecule has 0 N–H and O–H groups in total. The maximum absolute atomic E-state index is 5.47. The highest BCUT2D eigenvalue weighted by molar-refractivity contribution is 7.08. The Kier molecular flexibility index (Phi) is 6.78. The van der Waals surface area contributed by atoms with E-state index in [-0.39, 0.29) is 0 Å². The molecule has 0 aliphatic heterocycles. The quantitative estimate of drug-likeness (QED) is 0.624. The van der Waals surface area contributed by atoms with E-state index in [2.05, 4.69) is 30.7 Å². The smallest absolute Gasteiger partial charge is 0.0482 e. The van der Waals surface area contributed by atoms with Gasteiger partial charge in [0.2, 0.25) is 0 Å². The van der Waals surface area contributed by atoms with Crippen LogP contribution in [-0.4, -0.2) is 0 Å². The molecule has 1 unspecified atom stereocenters. The molecule has 0 aromatic carbocycles. The van der Waals surface area contributed by atoms with Crippen molar-refractivity contribution in [3.63, 3.8) is 0 Å². The Balaban J connectivity index is 0.000000165. The van der Waals surface area contributed by atoms with Gasteiger partial charge < -0.3 is 0 Å². The first-order valence-corrected chi connectivity index (χ1v) is 7.79. The Labute approximate surface area is 111 Å². The maximum Gasteiger partial charge on any atom is 0.0482 e. The third-order valence-corrected chi connectivity index (χ3v) is 4.20. The molecular weight excluding hydrogens is 256 g/mol. The molecule has 16 heavy (non-hydrogen) atoms. The maximum atomic E-state index is 5.47. The van der Waals surface area contributed by atoms with Gasteiger partial charge in [-0.2, -0.15) is 22.7 Å². The van der Waals surface area contributed by atoms with Crippen molar-refractivity contribution in [1.82, 2.24) is 0 Å². The molecule has 0 aliphatic rings. The largest absolute Gasteiger partial charge is 0.152 e. The molecule has 0 radical (unpaired) electrons. The predicted octanol–water partition coefficient (Wildman–Crippen LogP) is 5.75. The lowest BCUT2D eigenvalue weighted by Gasteiger charge is -2.02. The van der Waals surface area contributed by atoms with Crippen LogP contribution < -0.4 is 0 Å². The second-order valence-corrected chi connectivity index (χ2v) is 5.46. The molecule has 0 aliphatic carbocycles. The van der Waals surface area contributed by atoms with Crippen LogP contribution >= 0.6 is 34.3 Å². The van der Waals surface area contributed by atoms with E-state index in [1.165, 1.54) is 17.5 Å². The minimum atomic E-state index is 0.642. The van der Waals surface area contributed by atoms with Crippen molar-refractivity contribution in [2.24, 2.45) is 0 Å². The van der Waals surface area contributed by atoms with Crippen molar-refractivity contribution in [3.05, 3.63) is 44.8 Å². The molecule has 2 aromatic rings. The fraction of sp³-hybridized carbons (Fsp3) is 0.385. The lowest BCUT2D eigenvalue weighted by atomic mass is 10.0. The van der Waals surface area contributed by atoms with Gasteiger partial charge in [-0.15, -0.1) is 11.6 Å². The molecule has 0 bridgehead atoms. The van der Waals surface area contributed by atoms with Gasteiger partial charge in [-0.3, -0.25) is 0 Å². The molecule has 0 nitrogen and oxygen atoms in total. The Bertz CT molecular complexity index is 351. The van der Waals surface area contributed by atoms with Crippen molar-refractivity contribution in [2.75, 3.05) is 0 Å². The van der Waals surface area contributed by atoms with E-state index in [9.17, 15) is 0 Å². The molecule has 0 saturated carbocycles. The SMILES string of the molecule is CCC(C)c1ccsc1.ClCc1ccsc1. The molecule has 0 spiro atoms. The molecule has 2 heterocycles. The first-order chi connectivity index (χ1) is 7.77. The second-order valence-electron chi connectivity index (χ2n) is 3.63. The van der Waals surface area contributed by atoms with E-state index in [0.29, 0.717) is 5.88 Å². The van der Waals surface area contributed by atoms with Gasteiger partial charge in [0, 0.05) is 5.88 Å². The van der Waals surface area contributed by atoms with Crippen LogP contribution in [0, 0.1) is 0 Å². The van der Waals surface area contributed by atoms with Crippen molar-refractivity contribution in [2.45, 2.75) is 32.1 Å². The van der Waals surface area contributed by atoms with Crippen molar-refractivity contribution in [1.29, 1.82) is 0 Å². The third kappa shape index (κ3) is 4.69. The summed E-state index contributed by atoms with van der Waals surface area (Å²) >= 11 is 8.94. The van der Waals surface area contributed by atoms with E-state index in [1.54, 1.807) is 22.7 Å². The summed E-state index contributed by atoms with van der Waals surface area (Å²) in [5, 5.41) is 8.44. The summed E-state index contributed by atoms with van der Waals surface area (Å²) in [6.45, 7) is 4.49. The van der Waals surface area contributed by atoms with Crippen LogP contribution in [-0.2, 0) is 5.88 Å². The number of hydrogen-bond donors (Lipinski definition) is 0. The topological polar surface area (TPSA) is 0 Å². The van der Waals surface area contributed by atoms with Gasteiger partial charge in [-0.1, -0.05) is 13.8 Å². The Hall–Kier alpha value is -0.310. The highest BCUT2D eigenvalue weighted by Gasteiger charge is 2.00. The monoisotopic (exact) mass is 272 g/mol. The minimum Gasteiger partial charge on any atom is -0.152 e. The summed E-state index contributed by atoms with van der Waals surface area (Å²) in [5.41, 5.74) is 2.70. The van der Waals surface area contributed by atoms with Crippen LogP contribution in [0.15, 0.2) is 33.7 Å². The zero-order valence-electron chi connectivity index (χ0n) is 9.65. The normalized spacial score (nSPS) is 11.7. The first kappa shape index (κ1) is 13.8. The average Bonchev–Trinajstić information content (AvgIpc) is 3.01. The standard InChI is InChI=1S/C8H12S.C5H5ClS/c1-3-7(2)8-4-5-9-6-8;6-3-5-1-2-7-4-5/h4-7H,3H2,1-2H3;1-2,4H,3H2. The van der Waals surface area contributed by atoms with Gasteiger partial charge in [0.05, 0.1) is 0 Å². The summed E-state index contributed by atoms with van der Waals surface area (Å²) in [4.78, 5) is 0. The van der Waals surface area contributed by atoms with E-state index >= 15 is 0 Å². The van der Waals surface area contributed by atoms with Gasteiger partial charge in [0.25, 0.3) is 0 Å². The highest BCUT2D eigenvalue weighted by Crippen LogP contribution is 2.20. The van der Waals surface area contributed by atoms with E-state index in [1.807, 2.05) is 16.8 Å². The van der Waals surface area contributed by atoms with Crippen molar-refractivity contribution < 1.29 is 0 Å². The van der Waals surface area contributed by atoms with Crippen LogP contribution in [0.25, 0.3) is 0 Å². The van der Waals surface area contributed by atoms with Crippen LogP contribution in [0.5, 0.6) is 0 Å². The van der Waals surface area contributed by atoms with Gasteiger partial charge in [0.15, 0.2) is 0 Å². The fourth-order valence-corrected chi connectivity index (χ4v) is 2.87. The van der Waals surface area contributed by atoms with Gasteiger partial charge in [0.1, 0.15) is 0 Å². The number of halogens is 1. The lowest BCUT2D eigenvalue weighted by molar-refractivity contribution is 0.737. The second kappa shape index (κ2) is 7.88. The molecule has 0 amide bonds. The molecular formula is C13H17ClS2. The summed E-state index contributed by atoms with van der Waals surface area (Å²) in [6.07, 6.45) is 1.25. The minimum absolute atomic E-state index is 0.642. The zero-order valence-corrected chi connectivity index (χ0v) is 12.0. The van der Waals surface area contributed by atoms with E-state index in [0.717, 1.165) is 5.92 Å². The Morgan fingerprint density at radius 1 is 1.19 bits per heavy atom. The number of rotatable bonds is 3. The van der Waals surface area contributed by atoms with Crippen molar-refractivity contribution in [3.8, 4) is 0 Å². The van der Waals surface area contributed by atoms with Gasteiger partial charge >= 0.3 is 0 Å². The Morgan fingerprint density at radius 3 is 2.25 bits per heavy atom. The number of thiophene rings is 2. The molecule has 0 fully saturated rings. The van der Waals surface area contributed by atoms with Crippen molar-refractivity contribution >= 4 is 34.3 Å². The molecule has 2 aromatic heterocycles. The predicted molar refractivity (Wildman–Crippen MR) is 76.9 cm³/mol. The summed E-state index contributed by atoms with van der Waals surface area (Å²) in [5.74, 6) is 1.39. The van der Waals surface area contributed by atoms with E-state index < -0.39 is 0 Å². The molecule has 1 atom stereocenters. The number of alkyl halides is 1. The molecule has 2 rings (SSSR count). The first-order valence-electron chi connectivity index (χ1n) is 5.37. The van der Waals surface area contributed by atoms with Gasteiger partial charge in [-0.05, 0) is 57.1 Å². The van der Waals surface area contributed by atoms with Crippen LogP contribution in [0.3, 0.4) is 0 Å². The Morgan fingerprint density at radius 2 is 1.88 bits per heavy atom. The van der Waals surface area contributed by atoms with Crippen LogP contribution in [0.1, 0.15) is 37.3 Å². The molecule has 88 valence electrons. The third-order valence-electron chi connectivity index (χ3n) is 2.46. The summed E-state index contributed by atoms with van der Waals surface area (Å²) in [7, 11) is 0. The molecule has 0 saturated heterocycles. The lowest BCUT2D eigenvalue weighted by Crippen LogP contribution is -1.85. The summed E-state index contributed by atoms with van der Waals surface area (Å²) < 4.78 is 0. The fourth-order valence-electron chi connectivity index (χ4n) is 1.16. The zero-order chi connectivity index (χ0) is 11.8. The van der Waals surface area contributed by atoms with Crippen LogP contribution in [0.4, 0.5) is 0 Å². The van der Waals surface area contributed by atoms with Crippen LogP contribution in [0.2, 0.25) is 0 Å². The number of hydrogen-bond acceptors (Lipinski definition) is 2. The average molecular weight is 273 g/mol. The summed E-state index contributed by atoms with van der Waals surface area (Å²) in [6, 6.07) is 4.23.